The van der Waals surface area contributed by atoms with Crippen molar-refractivity contribution in [2.45, 2.75) is 37.5 Å². The fraction of sp³-hybridized carbons (Fsp3) is 0.367. The molecule has 36 heavy (non-hydrogen) atoms. The quantitative estimate of drug-likeness (QED) is 0.372. The molecule has 3 aromatic carbocycles. The molecular formula is C30H31FN2O3. The van der Waals surface area contributed by atoms with Gasteiger partial charge in [-0.15, -0.1) is 0 Å². The number of hydrogen-bond acceptors (Lipinski definition) is 4. The van der Waals surface area contributed by atoms with Gasteiger partial charge in [-0.05, 0) is 109 Å². The van der Waals surface area contributed by atoms with Gasteiger partial charge in [0.05, 0.1) is 24.0 Å². The maximum absolute atomic E-state index is 15.1. The van der Waals surface area contributed by atoms with Gasteiger partial charge in [-0.2, -0.15) is 0 Å². The summed E-state index contributed by atoms with van der Waals surface area (Å²) in [6.07, 6.45) is 6.94. The second-order valence-electron chi connectivity index (χ2n) is 10.8. The predicted molar refractivity (Wildman–Crippen MR) is 139 cm³/mol. The number of rotatable bonds is 7. The highest BCUT2D eigenvalue weighted by Crippen LogP contribution is 2.66. The molecule has 0 heterocycles. The van der Waals surface area contributed by atoms with Crippen molar-refractivity contribution >= 4 is 28.7 Å². The van der Waals surface area contributed by atoms with Crippen molar-refractivity contribution in [1.29, 1.82) is 0 Å². The molecule has 186 valence electrons. The van der Waals surface area contributed by atoms with Crippen LogP contribution in [0.2, 0.25) is 0 Å². The topological polar surface area (TPSA) is 61.8 Å². The number of anilines is 4. The Bertz CT molecular complexity index is 1310. The van der Waals surface area contributed by atoms with Crippen molar-refractivity contribution in [3.63, 3.8) is 0 Å². The minimum Gasteiger partial charge on any atom is -0.497 e. The van der Waals surface area contributed by atoms with E-state index in [1.165, 1.54) is 56.9 Å². The van der Waals surface area contributed by atoms with Crippen LogP contribution in [-0.2, 0) is 5.41 Å². The van der Waals surface area contributed by atoms with Crippen molar-refractivity contribution < 1.29 is 19.0 Å². The third-order valence-electron chi connectivity index (χ3n) is 8.89. The number of hydrogen-bond donors (Lipinski definition) is 2. The van der Waals surface area contributed by atoms with Crippen molar-refractivity contribution in [2.24, 2.45) is 17.8 Å². The highest BCUT2D eigenvalue weighted by Gasteiger charge is 2.58. The fourth-order valence-corrected chi connectivity index (χ4v) is 7.33. The molecule has 4 bridgehead atoms. The van der Waals surface area contributed by atoms with E-state index in [-0.39, 0.29) is 11.3 Å². The van der Waals surface area contributed by atoms with Gasteiger partial charge in [-0.1, -0.05) is 12.1 Å². The van der Waals surface area contributed by atoms with Crippen LogP contribution in [0.5, 0.6) is 5.75 Å². The molecule has 4 fully saturated rings. The molecule has 7 rings (SSSR count). The first-order valence-corrected chi connectivity index (χ1v) is 12.7. The van der Waals surface area contributed by atoms with Gasteiger partial charge >= 0.3 is 5.97 Å². The summed E-state index contributed by atoms with van der Waals surface area (Å²) in [6.45, 7) is 0. The minimum absolute atomic E-state index is 0.0126. The summed E-state index contributed by atoms with van der Waals surface area (Å²) in [5, 5.41) is 12.4. The smallest absolute Gasteiger partial charge is 0.337 e. The van der Waals surface area contributed by atoms with Crippen molar-refractivity contribution in [3.05, 3.63) is 77.6 Å². The SMILES string of the molecule is COc1ccc(Nc2ccc(N(C)c3ccc(C45CC6CC(CC4C6)C5)cc3)cc2F)c(C(=O)O)c1. The van der Waals surface area contributed by atoms with E-state index in [1.807, 2.05) is 18.0 Å². The number of nitrogens with one attached hydrogen (secondary N) is 1. The highest BCUT2D eigenvalue weighted by atomic mass is 19.1. The highest BCUT2D eigenvalue weighted by molar-refractivity contribution is 5.95. The van der Waals surface area contributed by atoms with Gasteiger partial charge < -0.3 is 20.1 Å². The molecule has 4 aliphatic rings. The van der Waals surface area contributed by atoms with Gasteiger partial charge in [-0.3, -0.25) is 0 Å². The van der Waals surface area contributed by atoms with Crippen LogP contribution in [0.4, 0.5) is 27.1 Å². The van der Waals surface area contributed by atoms with Crippen molar-refractivity contribution in [3.8, 4) is 5.75 Å². The van der Waals surface area contributed by atoms with E-state index >= 15 is 4.39 Å². The molecule has 5 nitrogen and oxygen atoms in total. The molecule has 0 aliphatic heterocycles. The molecule has 2 N–H and O–H groups in total. The zero-order valence-corrected chi connectivity index (χ0v) is 20.6. The molecule has 4 aliphatic carbocycles. The van der Waals surface area contributed by atoms with Crippen LogP contribution in [-0.4, -0.2) is 25.2 Å². The van der Waals surface area contributed by atoms with E-state index in [4.69, 9.17) is 4.74 Å². The zero-order chi connectivity index (χ0) is 25.0. The van der Waals surface area contributed by atoms with E-state index in [2.05, 4.69) is 29.6 Å². The van der Waals surface area contributed by atoms with Crippen LogP contribution in [0.3, 0.4) is 0 Å². The predicted octanol–water partition coefficient (Wildman–Crippen LogP) is 7.12. The van der Waals surface area contributed by atoms with Crippen LogP contribution in [0.1, 0.15) is 48.0 Å². The molecule has 0 amide bonds. The Balaban J connectivity index is 1.21. The largest absolute Gasteiger partial charge is 0.497 e. The van der Waals surface area contributed by atoms with Crippen LogP contribution < -0.4 is 15.0 Å². The number of carbonyl (C=O) groups is 1. The summed E-state index contributed by atoms with van der Waals surface area (Å²) in [7, 11) is 3.41. The average molecular weight is 487 g/mol. The molecule has 3 aromatic rings. The van der Waals surface area contributed by atoms with E-state index in [9.17, 15) is 9.90 Å². The monoisotopic (exact) mass is 486 g/mol. The average Bonchev–Trinajstić information content (AvgIpc) is 3.29. The third-order valence-corrected chi connectivity index (χ3v) is 8.89. The maximum Gasteiger partial charge on any atom is 0.337 e. The Morgan fingerprint density at radius 2 is 1.64 bits per heavy atom. The maximum atomic E-state index is 15.1. The number of halogens is 1. The standard InChI is InChI=1S/C30H31FN2O3/c1-33(22-5-3-20(4-6-22)30-16-18-11-19(17-30)13-21(30)12-18)23-7-9-28(26(31)14-23)32-27-10-8-24(36-2)15-25(27)29(34)35/h3-10,14-15,18-19,21,32H,11-13,16-17H2,1-2H3,(H,34,35). The number of nitrogens with zero attached hydrogens (tertiary/aromatic N) is 1. The summed E-state index contributed by atoms with van der Waals surface area (Å²) in [4.78, 5) is 13.6. The molecule has 0 saturated heterocycles. The molecular weight excluding hydrogens is 455 g/mol. The lowest BCUT2D eigenvalue weighted by Gasteiger charge is -2.34. The van der Waals surface area contributed by atoms with Gasteiger partial charge in [0.2, 0.25) is 0 Å². The lowest BCUT2D eigenvalue weighted by atomic mass is 9.71. The van der Waals surface area contributed by atoms with Crippen molar-refractivity contribution in [2.75, 3.05) is 24.4 Å². The Kier molecular flexibility index (Phi) is 5.43. The van der Waals surface area contributed by atoms with Crippen molar-refractivity contribution in [1.82, 2.24) is 0 Å². The van der Waals surface area contributed by atoms with Gasteiger partial charge in [-0.25, -0.2) is 9.18 Å². The summed E-state index contributed by atoms with van der Waals surface area (Å²) in [5.41, 5.74) is 4.12. The second kappa shape index (κ2) is 8.54. The number of carboxylic acids is 1. The summed E-state index contributed by atoms with van der Waals surface area (Å²) < 4.78 is 20.2. The first-order valence-electron chi connectivity index (χ1n) is 12.7. The molecule has 0 radical (unpaired) electrons. The Labute approximate surface area is 210 Å². The Morgan fingerprint density at radius 3 is 2.28 bits per heavy atom. The molecule has 2 unspecified atom stereocenters. The zero-order valence-electron chi connectivity index (χ0n) is 20.6. The molecule has 4 saturated carbocycles. The normalized spacial score (nSPS) is 25.7. The first-order chi connectivity index (χ1) is 17.4. The molecule has 6 heteroatoms. The Morgan fingerprint density at radius 1 is 0.972 bits per heavy atom. The summed E-state index contributed by atoms with van der Waals surface area (Å²) >= 11 is 0. The number of carboxylic acid groups (broad SMARTS) is 1. The summed E-state index contributed by atoms with van der Waals surface area (Å²) in [5.74, 6) is 1.55. The lowest BCUT2D eigenvalue weighted by molar-refractivity contribution is 0.0697. The van der Waals surface area contributed by atoms with Gasteiger partial charge in [0.25, 0.3) is 0 Å². The minimum atomic E-state index is -1.12. The van der Waals surface area contributed by atoms with Crippen LogP contribution >= 0.6 is 0 Å². The first kappa shape index (κ1) is 22.9. The van der Waals surface area contributed by atoms with E-state index in [1.54, 1.807) is 18.2 Å². The lowest BCUT2D eigenvalue weighted by Crippen LogP contribution is -2.27. The summed E-state index contributed by atoms with van der Waals surface area (Å²) in [6, 6.07) is 18.5. The third kappa shape index (κ3) is 3.71. The van der Waals surface area contributed by atoms with E-state index in [0.717, 1.165) is 29.1 Å². The number of methoxy groups -OCH3 is 1. The number of aromatic carboxylic acids is 1. The van der Waals surface area contributed by atoms with Gasteiger partial charge in [0.1, 0.15) is 11.6 Å². The van der Waals surface area contributed by atoms with Gasteiger partial charge in [0.15, 0.2) is 0 Å². The van der Waals surface area contributed by atoms with Gasteiger partial charge in [0, 0.05) is 18.4 Å². The van der Waals surface area contributed by atoms with Crippen LogP contribution in [0.15, 0.2) is 60.7 Å². The number of ether oxygens (including phenoxy) is 1. The fourth-order valence-electron chi connectivity index (χ4n) is 7.33. The molecule has 2 atom stereocenters. The van der Waals surface area contributed by atoms with Crippen LogP contribution in [0, 0.1) is 23.6 Å². The van der Waals surface area contributed by atoms with E-state index in [0.29, 0.717) is 16.9 Å². The second-order valence-corrected chi connectivity index (χ2v) is 10.8. The number of benzene rings is 3. The Hall–Kier alpha value is -3.54. The molecule has 0 spiro atoms. The molecule has 0 aromatic heterocycles. The van der Waals surface area contributed by atoms with Crippen LogP contribution in [0.25, 0.3) is 0 Å². The van der Waals surface area contributed by atoms with E-state index < -0.39 is 11.8 Å².